The van der Waals surface area contributed by atoms with Gasteiger partial charge in [-0.1, -0.05) is 42.5 Å². The number of carbonyl (C=O) groups is 3. The van der Waals surface area contributed by atoms with Crippen LogP contribution in [0.25, 0.3) is 0 Å². The molecule has 7 heteroatoms. The van der Waals surface area contributed by atoms with Gasteiger partial charge in [0.25, 0.3) is 5.91 Å². The van der Waals surface area contributed by atoms with Crippen molar-refractivity contribution in [3.63, 3.8) is 0 Å². The van der Waals surface area contributed by atoms with Gasteiger partial charge in [-0.05, 0) is 23.3 Å². The molecule has 0 unspecified atom stereocenters. The van der Waals surface area contributed by atoms with E-state index in [4.69, 9.17) is 4.74 Å². The van der Waals surface area contributed by atoms with Crippen LogP contribution in [0.1, 0.15) is 18.1 Å². The fourth-order valence-corrected chi connectivity index (χ4v) is 2.30. The van der Waals surface area contributed by atoms with Gasteiger partial charge in [0.05, 0.1) is 0 Å². The Kier molecular flexibility index (Phi) is 7.37. The van der Waals surface area contributed by atoms with E-state index in [0.717, 1.165) is 11.1 Å². The molecule has 0 bridgehead atoms. The van der Waals surface area contributed by atoms with Crippen LogP contribution < -0.4 is 10.1 Å². The predicted octanol–water partition coefficient (Wildman–Crippen LogP) is 1.94. The fourth-order valence-electron chi connectivity index (χ4n) is 2.30. The van der Waals surface area contributed by atoms with Gasteiger partial charge in [-0.3, -0.25) is 9.59 Å². The summed E-state index contributed by atoms with van der Waals surface area (Å²) >= 11 is 0. The Labute approximate surface area is 156 Å². The molecule has 0 aliphatic heterocycles. The Hall–Kier alpha value is -3.35. The molecule has 1 atom stereocenters. The van der Waals surface area contributed by atoms with Crippen LogP contribution >= 0.6 is 0 Å². The van der Waals surface area contributed by atoms with Gasteiger partial charge >= 0.3 is 11.9 Å². The van der Waals surface area contributed by atoms with Gasteiger partial charge in [-0.15, -0.1) is 0 Å². The number of rotatable bonds is 9. The van der Waals surface area contributed by atoms with Crippen molar-refractivity contribution in [3.05, 3.63) is 65.7 Å². The summed E-state index contributed by atoms with van der Waals surface area (Å²) in [6.07, 6.45) is 0.0973. The molecule has 0 radical (unpaired) electrons. The molecule has 2 rings (SSSR count). The molecule has 7 nitrogen and oxygen atoms in total. The van der Waals surface area contributed by atoms with Crippen molar-refractivity contribution in [2.24, 2.45) is 0 Å². The summed E-state index contributed by atoms with van der Waals surface area (Å²) in [4.78, 5) is 33.7. The van der Waals surface area contributed by atoms with Crippen LogP contribution in [0.15, 0.2) is 54.6 Å². The lowest BCUT2D eigenvalue weighted by Gasteiger charge is -2.15. The topological polar surface area (TPSA) is 102 Å². The lowest BCUT2D eigenvalue weighted by Crippen LogP contribution is -2.44. The maximum absolute atomic E-state index is 11.7. The largest absolute Gasteiger partial charge is 0.489 e. The highest BCUT2D eigenvalue weighted by Gasteiger charge is 2.20. The molecule has 1 amide bonds. The zero-order chi connectivity index (χ0) is 19.6. The molecule has 0 heterocycles. The highest BCUT2D eigenvalue weighted by molar-refractivity contribution is 5.85. The van der Waals surface area contributed by atoms with E-state index >= 15 is 0 Å². The predicted molar refractivity (Wildman–Crippen MR) is 97.1 cm³/mol. The number of hydrogen-bond acceptors (Lipinski definition) is 5. The minimum Gasteiger partial charge on any atom is -0.489 e. The van der Waals surface area contributed by atoms with E-state index < -0.39 is 30.5 Å². The average Bonchev–Trinajstić information content (AvgIpc) is 2.66. The molecule has 0 saturated carbocycles. The van der Waals surface area contributed by atoms with Crippen LogP contribution in [0.3, 0.4) is 0 Å². The third-order valence-corrected chi connectivity index (χ3v) is 3.65. The van der Waals surface area contributed by atoms with Crippen molar-refractivity contribution in [2.45, 2.75) is 26.0 Å². The molecule has 0 spiro atoms. The second kappa shape index (κ2) is 9.96. The summed E-state index contributed by atoms with van der Waals surface area (Å²) in [5.41, 5.74) is 1.77. The summed E-state index contributed by atoms with van der Waals surface area (Å²) in [6, 6.07) is 15.6. The van der Waals surface area contributed by atoms with Gasteiger partial charge in [-0.25, -0.2) is 4.79 Å². The van der Waals surface area contributed by atoms with E-state index in [2.05, 4.69) is 10.1 Å². The van der Waals surface area contributed by atoms with E-state index in [9.17, 15) is 19.5 Å². The molecule has 2 aromatic rings. The van der Waals surface area contributed by atoms with Gasteiger partial charge in [0.2, 0.25) is 0 Å². The number of carboxylic acid groups (broad SMARTS) is 1. The second-order valence-electron chi connectivity index (χ2n) is 5.86. The van der Waals surface area contributed by atoms with Gasteiger partial charge in [0.1, 0.15) is 18.4 Å². The van der Waals surface area contributed by atoms with E-state index in [-0.39, 0.29) is 6.42 Å². The monoisotopic (exact) mass is 371 g/mol. The number of carbonyl (C=O) groups excluding carboxylic acids is 2. The molecule has 2 N–H and O–H groups in total. The lowest BCUT2D eigenvalue weighted by atomic mass is 10.1. The molecule has 142 valence electrons. The highest BCUT2D eigenvalue weighted by Crippen LogP contribution is 2.15. The van der Waals surface area contributed by atoms with Crippen molar-refractivity contribution in [2.75, 3.05) is 6.61 Å². The van der Waals surface area contributed by atoms with E-state index in [1.165, 1.54) is 6.92 Å². The molecular formula is C20H21NO6. The molecule has 2 aromatic carbocycles. The summed E-state index contributed by atoms with van der Waals surface area (Å²) in [6.45, 7) is 1.10. The van der Waals surface area contributed by atoms with Crippen LogP contribution in [-0.2, 0) is 32.1 Å². The Bertz CT molecular complexity index is 773. The smallest absolute Gasteiger partial charge is 0.326 e. The zero-order valence-electron chi connectivity index (χ0n) is 14.9. The molecular weight excluding hydrogens is 350 g/mol. The number of amides is 1. The molecule has 0 aliphatic carbocycles. The van der Waals surface area contributed by atoms with Crippen LogP contribution in [0.5, 0.6) is 5.75 Å². The number of hydrogen-bond donors (Lipinski definition) is 2. The Morgan fingerprint density at radius 1 is 1.00 bits per heavy atom. The number of nitrogens with one attached hydrogen (secondary N) is 1. The summed E-state index contributed by atoms with van der Waals surface area (Å²) < 4.78 is 10.2. The number of benzene rings is 2. The minimum absolute atomic E-state index is 0.0973. The molecule has 0 aromatic heterocycles. The first-order valence-corrected chi connectivity index (χ1v) is 8.35. The quantitative estimate of drug-likeness (QED) is 0.653. The Morgan fingerprint density at radius 2 is 1.67 bits per heavy atom. The SMILES string of the molecule is CC(=O)OCC(=O)N[C@H](Cc1ccc(OCc2ccccc2)cc1)C(=O)O. The summed E-state index contributed by atoms with van der Waals surface area (Å²) in [7, 11) is 0. The average molecular weight is 371 g/mol. The van der Waals surface area contributed by atoms with Gasteiger partial charge in [-0.2, -0.15) is 0 Å². The highest BCUT2D eigenvalue weighted by atomic mass is 16.5. The number of esters is 1. The Morgan fingerprint density at radius 3 is 2.26 bits per heavy atom. The first kappa shape index (κ1) is 20.0. The third kappa shape index (κ3) is 7.19. The van der Waals surface area contributed by atoms with Crippen LogP contribution in [0.2, 0.25) is 0 Å². The van der Waals surface area contributed by atoms with E-state index in [0.29, 0.717) is 12.4 Å². The third-order valence-electron chi connectivity index (χ3n) is 3.65. The Balaban J connectivity index is 1.89. The van der Waals surface area contributed by atoms with Gasteiger partial charge < -0.3 is 19.9 Å². The van der Waals surface area contributed by atoms with Crippen molar-refractivity contribution >= 4 is 17.8 Å². The molecule has 0 aliphatic rings. The summed E-state index contributed by atoms with van der Waals surface area (Å²) in [5.74, 6) is -1.78. The van der Waals surface area contributed by atoms with Crippen LogP contribution in [-0.4, -0.2) is 35.6 Å². The maximum Gasteiger partial charge on any atom is 0.326 e. The van der Waals surface area contributed by atoms with Crippen molar-refractivity contribution < 1.29 is 29.0 Å². The van der Waals surface area contributed by atoms with Crippen molar-refractivity contribution in [1.29, 1.82) is 0 Å². The molecule has 27 heavy (non-hydrogen) atoms. The molecule has 0 fully saturated rings. The van der Waals surface area contributed by atoms with Crippen molar-refractivity contribution in [3.8, 4) is 5.75 Å². The fraction of sp³-hybridized carbons (Fsp3) is 0.250. The first-order chi connectivity index (χ1) is 12.9. The minimum atomic E-state index is -1.17. The number of aliphatic carboxylic acids is 1. The van der Waals surface area contributed by atoms with Crippen LogP contribution in [0, 0.1) is 0 Å². The van der Waals surface area contributed by atoms with E-state index in [1.807, 2.05) is 30.3 Å². The van der Waals surface area contributed by atoms with Gasteiger partial charge in [0, 0.05) is 13.3 Å². The van der Waals surface area contributed by atoms with Crippen molar-refractivity contribution in [1.82, 2.24) is 5.32 Å². The second-order valence-corrected chi connectivity index (χ2v) is 5.86. The lowest BCUT2D eigenvalue weighted by molar-refractivity contribution is -0.148. The number of ether oxygens (including phenoxy) is 2. The standard InChI is InChI=1S/C20H21NO6/c1-14(22)26-13-19(23)21-18(20(24)25)11-15-7-9-17(10-8-15)27-12-16-5-3-2-4-6-16/h2-10,18H,11-13H2,1H3,(H,21,23)(H,24,25)/t18-/m1/s1. The maximum atomic E-state index is 11.7. The van der Waals surface area contributed by atoms with Gasteiger partial charge in [0.15, 0.2) is 6.61 Å². The number of carboxylic acids is 1. The first-order valence-electron chi connectivity index (χ1n) is 8.35. The zero-order valence-corrected chi connectivity index (χ0v) is 14.9. The summed E-state index contributed by atoms with van der Waals surface area (Å²) in [5, 5.41) is 11.6. The van der Waals surface area contributed by atoms with E-state index in [1.54, 1.807) is 24.3 Å². The molecule has 0 saturated heterocycles. The normalized spacial score (nSPS) is 11.3. The van der Waals surface area contributed by atoms with Crippen LogP contribution in [0.4, 0.5) is 0 Å².